The summed E-state index contributed by atoms with van der Waals surface area (Å²) < 4.78 is 13.3. The van der Waals surface area contributed by atoms with Gasteiger partial charge in [-0.05, 0) is 30.9 Å². The van der Waals surface area contributed by atoms with Crippen LogP contribution < -0.4 is 0 Å². The summed E-state index contributed by atoms with van der Waals surface area (Å²) in [6, 6.07) is 6.92. The van der Waals surface area contributed by atoms with Gasteiger partial charge < -0.3 is 0 Å². The molecule has 0 nitrogen and oxygen atoms in total. The van der Waals surface area contributed by atoms with Gasteiger partial charge in [0.15, 0.2) is 0 Å². The summed E-state index contributed by atoms with van der Waals surface area (Å²) in [4.78, 5) is 0. The minimum absolute atomic E-state index is 0.119. The molecule has 0 fully saturated rings. The predicted molar refractivity (Wildman–Crippen MR) is 57.1 cm³/mol. The van der Waals surface area contributed by atoms with Crippen molar-refractivity contribution in [1.29, 1.82) is 0 Å². The van der Waals surface area contributed by atoms with Crippen LogP contribution in [0.1, 0.15) is 18.4 Å². The quantitative estimate of drug-likeness (QED) is 0.516. The largest absolute Gasteiger partial charge is 0.207 e. The summed E-state index contributed by atoms with van der Waals surface area (Å²) in [7, 11) is 0. The maximum absolute atomic E-state index is 13.3. The first kappa shape index (κ1) is 9.72. The van der Waals surface area contributed by atoms with Crippen molar-refractivity contribution in [3.63, 3.8) is 0 Å². The van der Waals surface area contributed by atoms with Crippen molar-refractivity contribution >= 4 is 11.6 Å². The van der Waals surface area contributed by atoms with Crippen LogP contribution in [-0.2, 0) is 6.42 Å². The molecular formula is C12H12ClF. The molecule has 0 saturated carbocycles. The topological polar surface area (TPSA) is 0 Å². The maximum atomic E-state index is 13.3. The second-order valence-corrected chi connectivity index (χ2v) is 4.21. The van der Waals surface area contributed by atoms with Gasteiger partial charge in [0.1, 0.15) is 5.82 Å². The fourth-order valence-electron chi connectivity index (χ4n) is 1.78. The predicted octanol–water partition coefficient (Wildman–Crippen LogP) is 3.70. The van der Waals surface area contributed by atoms with Crippen molar-refractivity contribution in [3.05, 3.63) is 47.3 Å². The Bertz CT molecular complexity index is 357. The van der Waals surface area contributed by atoms with Crippen molar-refractivity contribution < 1.29 is 4.39 Å². The zero-order valence-corrected chi connectivity index (χ0v) is 8.60. The fraction of sp³-hybridized carbons (Fsp3) is 0.333. The Hall–Kier alpha value is -0.820. The second-order valence-electron chi connectivity index (χ2n) is 3.65. The average molecular weight is 211 g/mol. The van der Waals surface area contributed by atoms with E-state index >= 15 is 0 Å². The molecule has 1 aromatic rings. The number of hydrogen-bond acceptors (Lipinski definition) is 0. The lowest BCUT2D eigenvalue weighted by atomic mass is 10.0. The van der Waals surface area contributed by atoms with Gasteiger partial charge in [-0.3, -0.25) is 0 Å². The highest BCUT2D eigenvalue weighted by Gasteiger charge is 2.14. The summed E-state index contributed by atoms with van der Waals surface area (Å²) in [5, 5.41) is 0.150. The summed E-state index contributed by atoms with van der Waals surface area (Å²) in [5.74, 6) is -0.119. The number of hydrogen-bond donors (Lipinski definition) is 0. The van der Waals surface area contributed by atoms with E-state index in [4.69, 9.17) is 11.6 Å². The third-order valence-electron chi connectivity index (χ3n) is 2.53. The summed E-state index contributed by atoms with van der Waals surface area (Å²) in [6.07, 6.45) is 4.75. The second kappa shape index (κ2) is 4.14. The third kappa shape index (κ3) is 2.16. The van der Waals surface area contributed by atoms with Crippen LogP contribution in [0.3, 0.4) is 0 Å². The minimum atomic E-state index is -0.119. The van der Waals surface area contributed by atoms with Crippen LogP contribution in [0.15, 0.2) is 35.9 Å². The SMILES string of the molecule is Fc1ccccc1CC1=CC(Cl)CC1. The van der Waals surface area contributed by atoms with Gasteiger partial charge in [-0.1, -0.05) is 29.8 Å². The Morgan fingerprint density at radius 1 is 1.36 bits per heavy atom. The maximum Gasteiger partial charge on any atom is 0.126 e. The molecule has 0 amide bonds. The van der Waals surface area contributed by atoms with Crippen LogP contribution in [0.25, 0.3) is 0 Å². The van der Waals surface area contributed by atoms with E-state index in [1.165, 1.54) is 11.6 Å². The Labute approximate surface area is 88.4 Å². The highest BCUT2D eigenvalue weighted by atomic mass is 35.5. The monoisotopic (exact) mass is 210 g/mol. The van der Waals surface area contributed by atoms with Crippen LogP contribution in [0.2, 0.25) is 0 Å². The van der Waals surface area contributed by atoms with E-state index in [1.54, 1.807) is 6.07 Å². The summed E-state index contributed by atoms with van der Waals surface area (Å²) in [6.45, 7) is 0. The van der Waals surface area contributed by atoms with E-state index in [-0.39, 0.29) is 11.2 Å². The van der Waals surface area contributed by atoms with Crippen molar-refractivity contribution in [2.45, 2.75) is 24.6 Å². The molecule has 0 bridgehead atoms. The normalized spacial score (nSPS) is 21.0. The van der Waals surface area contributed by atoms with Gasteiger partial charge >= 0.3 is 0 Å². The smallest absolute Gasteiger partial charge is 0.126 e. The lowest BCUT2D eigenvalue weighted by Crippen LogP contribution is -1.91. The van der Waals surface area contributed by atoms with Gasteiger partial charge in [0, 0.05) is 0 Å². The molecular weight excluding hydrogens is 199 g/mol. The molecule has 0 heterocycles. The van der Waals surface area contributed by atoms with E-state index in [9.17, 15) is 4.39 Å². The molecule has 0 N–H and O–H groups in total. The zero-order valence-electron chi connectivity index (χ0n) is 7.84. The lowest BCUT2D eigenvalue weighted by molar-refractivity contribution is 0.612. The van der Waals surface area contributed by atoms with Crippen LogP contribution in [0, 0.1) is 5.82 Å². The van der Waals surface area contributed by atoms with E-state index in [0.29, 0.717) is 6.42 Å². The zero-order chi connectivity index (χ0) is 9.97. The van der Waals surface area contributed by atoms with Crippen molar-refractivity contribution in [1.82, 2.24) is 0 Å². The fourth-order valence-corrected chi connectivity index (χ4v) is 2.07. The molecule has 0 radical (unpaired) electrons. The highest BCUT2D eigenvalue weighted by molar-refractivity contribution is 6.22. The summed E-state index contributed by atoms with van der Waals surface area (Å²) in [5.41, 5.74) is 2.03. The van der Waals surface area contributed by atoms with Crippen molar-refractivity contribution in [2.24, 2.45) is 0 Å². The van der Waals surface area contributed by atoms with Gasteiger partial charge in [-0.2, -0.15) is 0 Å². The molecule has 14 heavy (non-hydrogen) atoms. The molecule has 74 valence electrons. The van der Waals surface area contributed by atoms with Gasteiger partial charge in [-0.25, -0.2) is 4.39 Å². The molecule has 2 rings (SSSR count). The Balaban J connectivity index is 2.12. The molecule has 0 spiro atoms. The molecule has 2 heteroatoms. The van der Waals surface area contributed by atoms with E-state index < -0.39 is 0 Å². The first-order valence-corrected chi connectivity index (χ1v) is 5.26. The molecule has 0 saturated heterocycles. The standard InChI is InChI=1S/C12H12ClF/c13-11-6-5-9(8-11)7-10-3-1-2-4-12(10)14/h1-4,8,11H,5-7H2. The molecule has 0 aliphatic heterocycles. The first-order valence-electron chi connectivity index (χ1n) is 4.83. The van der Waals surface area contributed by atoms with Gasteiger partial charge in [0.2, 0.25) is 0 Å². The van der Waals surface area contributed by atoms with Crippen molar-refractivity contribution in [3.8, 4) is 0 Å². The Morgan fingerprint density at radius 2 is 2.14 bits per heavy atom. The number of alkyl halides is 1. The molecule has 0 aromatic heterocycles. The minimum Gasteiger partial charge on any atom is -0.207 e. The van der Waals surface area contributed by atoms with Crippen molar-refractivity contribution in [2.75, 3.05) is 0 Å². The van der Waals surface area contributed by atoms with Crippen LogP contribution in [0.5, 0.6) is 0 Å². The molecule has 1 unspecified atom stereocenters. The molecule has 1 aliphatic rings. The van der Waals surface area contributed by atoms with Gasteiger partial charge in [-0.15, -0.1) is 11.6 Å². The van der Waals surface area contributed by atoms with Gasteiger partial charge in [0.05, 0.1) is 5.38 Å². The number of allylic oxidation sites excluding steroid dienone is 2. The lowest BCUT2D eigenvalue weighted by Gasteiger charge is -2.02. The third-order valence-corrected chi connectivity index (χ3v) is 2.88. The number of benzene rings is 1. The Kier molecular flexibility index (Phi) is 2.87. The first-order chi connectivity index (χ1) is 6.75. The van der Waals surface area contributed by atoms with E-state index in [2.05, 4.69) is 0 Å². The molecule has 1 aliphatic carbocycles. The molecule has 1 aromatic carbocycles. The number of halogens is 2. The van der Waals surface area contributed by atoms with Crippen LogP contribution in [-0.4, -0.2) is 5.38 Å². The molecule has 1 atom stereocenters. The van der Waals surface area contributed by atoms with Crippen LogP contribution in [0.4, 0.5) is 4.39 Å². The highest BCUT2D eigenvalue weighted by Crippen LogP contribution is 2.26. The average Bonchev–Trinajstić information content (AvgIpc) is 2.56. The van der Waals surface area contributed by atoms with E-state index in [0.717, 1.165) is 18.4 Å². The number of rotatable bonds is 2. The Morgan fingerprint density at radius 3 is 2.79 bits per heavy atom. The summed E-state index contributed by atoms with van der Waals surface area (Å²) >= 11 is 5.94. The van der Waals surface area contributed by atoms with Gasteiger partial charge in [0.25, 0.3) is 0 Å². The van der Waals surface area contributed by atoms with Crippen LogP contribution >= 0.6 is 11.6 Å². The van der Waals surface area contributed by atoms with E-state index in [1.807, 2.05) is 18.2 Å².